The van der Waals surface area contributed by atoms with Crippen LogP contribution in [0.1, 0.15) is 12.8 Å². The Kier molecular flexibility index (Phi) is 1.64. The molecule has 58 valence electrons. The third-order valence-electron chi connectivity index (χ3n) is 2.70. The van der Waals surface area contributed by atoms with Crippen molar-refractivity contribution < 1.29 is 0 Å². The molecule has 0 radical (unpaired) electrons. The lowest BCUT2D eigenvalue weighted by Crippen LogP contribution is -2.50. The average Bonchev–Trinajstić information content (AvgIpc) is 2.39. The van der Waals surface area contributed by atoms with Crippen molar-refractivity contribution in [2.75, 3.05) is 26.2 Å². The number of hydrazine groups is 1. The fraction of sp³-hybridized carbons (Fsp3) is 1.00. The van der Waals surface area contributed by atoms with Crippen LogP contribution < -0.4 is 16.2 Å². The molecule has 2 aliphatic rings. The summed E-state index contributed by atoms with van der Waals surface area (Å²) in [5, 5.41) is 3.42. The first kappa shape index (κ1) is 6.58. The third kappa shape index (κ3) is 1.05. The fourth-order valence-electron chi connectivity index (χ4n) is 1.91. The first-order valence-electron chi connectivity index (χ1n) is 4.08. The molecule has 3 N–H and O–H groups in total. The molecule has 1 spiro atoms. The maximum absolute atomic E-state index is 3.42. The van der Waals surface area contributed by atoms with Crippen LogP contribution in [0.5, 0.6) is 0 Å². The van der Waals surface area contributed by atoms with Crippen molar-refractivity contribution in [2.24, 2.45) is 5.41 Å². The zero-order valence-electron chi connectivity index (χ0n) is 6.24. The Morgan fingerprint density at radius 2 is 1.80 bits per heavy atom. The Hall–Kier alpha value is -0.120. The second-order valence-corrected chi connectivity index (χ2v) is 3.46. The Morgan fingerprint density at radius 3 is 2.40 bits per heavy atom. The van der Waals surface area contributed by atoms with E-state index in [4.69, 9.17) is 0 Å². The van der Waals surface area contributed by atoms with E-state index in [1.54, 1.807) is 0 Å². The van der Waals surface area contributed by atoms with Crippen molar-refractivity contribution in [1.82, 2.24) is 16.2 Å². The molecule has 0 aromatic heterocycles. The molecule has 10 heavy (non-hydrogen) atoms. The summed E-state index contributed by atoms with van der Waals surface area (Å²) < 4.78 is 0. The molecule has 1 unspecified atom stereocenters. The van der Waals surface area contributed by atoms with E-state index >= 15 is 0 Å². The summed E-state index contributed by atoms with van der Waals surface area (Å²) in [5.41, 5.74) is 6.97. The molecule has 3 nitrogen and oxygen atoms in total. The Bertz CT molecular complexity index is 110. The highest BCUT2D eigenvalue weighted by atomic mass is 15.4. The van der Waals surface area contributed by atoms with Gasteiger partial charge in [0, 0.05) is 19.6 Å². The maximum atomic E-state index is 3.42. The number of rotatable bonds is 0. The van der Waals surface area contributed by atoms with Gasteiger partial charge in [0.1, 0.15) is 0 Å². The van der Waals surface area contributed by atoms with Crippen LogP contribution in [0.25, 0.3) is 0 Å². The minimum atomic E-state index is 0.589. The van der Waals surface area contributed by atoms with E-state index in [0.717, 1.165) is 13.1 Å². The normalized spacial score (nSPS) is 40.8. The number of nitrogens with one attached hydrogen (secondary N) is 3. The minimum absolute atomic E-state index is 0.589. The number of hydrogen-bond acceptors (Lipinski definition) is 3. The van der Waals surface area contributed by atoms with Gasteiger partial charge in [0.05, 0.1) is 0 Å². The summed E-state index contributed by atoms with van der Waals surface area (Å²) in [4.78, 5) is 0. The molecule has 3 heteroatoms. The van der Waals surface area contributed by atoms with Crippen molar-refractivity contribution >= 4 is 0 Å². The van der Waals surface area contributed by atoms with Crippen LogP contribution in [0.15, 0.2) is 0 Å². The van der Waals surface area contributed by atoms with Gasteiger partial charge in [-0.15, -0.1) is 0 Å². The molecule has 0 bridgehead atoms. The van der Waals surface area contributed by atoms with E-state index in [1.807, 2.05) is 0 Å². The maximum Gasteiger partial charge on any atom is 0.0169 e. The van der Waals surface area contributed by atoms with Crippen LogP contribution in [0.4, 0.5) is 0 Å². The lowest BCUT2D eigenvalue weighted by Gasteiger charge is -2.33. The molecule has 0 saturated carbocycles. The third-order valence-corrected chi connectivity index (χ3v) is 2.70. The summed E-state index contributed by atoms with van der Waals surface area (Å²) in [6, 6.07) is 0. The first-order chi connectivity index (χ1) is 4.91. The highest BCUT2D eigenvalue weighted by molar-refractivity contribution is 4.91. The Morgan fingerprint density at radius 1 is 0.900 bits per heavy atom. The molecule has 2 fully saturated rings. The topological polar surface area (TPSA) is 36.1 Å². The minimum Gasteiger partial charge on any atom is -0.316 e. The van der Waals surface area contributed by atoms with E-state index in [2.05, 4.69) is 16.2 Å². The second kappa shape index (κ2) is 2.49. The van der Waals surface area contributed by atoms with Gasteiger partial charge < -0.3 is 5.32 Å². The highest BCUT2D eigenvalue weighted by Crippen LogP contribution is 2.29. The van der Waals surface area contributed by atoms with Crippen LogP contribution in [-0.2, 0) is 0 Å². The second-order valence-electron chi connectivity index (χ2n) is 3.46. The van der Waals surface area contributed by atoms with Gasteiger partial charge in [-0.2, -0.15) is 0 Å². The highest BCUT2D eigenvalue weighted by Gasteiger charge is 2.34. The molecule has 0 amide bonds. The lowest BCUT2D eigenvalue weighted by molar-refractivity contribution is 0.214. The smallest absolute Gasteiger partial charge is 0.0169 e. The van der Waals surface area contributed by atoms with E-state index in [-0.39, 0.29) is 0 Å². The molecular formula is C7H15N3. The van der Waals surface area contributed by atoms with Gasteiger partial charge in [0.15, 0.2) is 0 Å². The molecule has 2 aliphatic heterocycles. The predicted octanol–water partition coefficient (Wildman–Crippen LogP) is -0.536. The molecule has 0 aliphatic carbocycles. The monoisotopic (exact) mass is 141 g/mol. The molecule has 2 rings (SSSR count). The van der Waals surface area contributed by atoms with E-state index in [0.29, 0.717) is 5.41 Å². The lowest BCUT2D eigenvalue weighted by atomic mass is 9.83. The van der Waals surface area contributed by atoms with Crippen LogP contribution in [-0.4, -0.2) is 26.2 Å². The van der Waals surface area contributed by atoms with Crippen molar-refractivity contribution in [2.45, 2.75) is 12.8 Å². The molecule has 1 atom stereocenters. The van der Waals surface area contributed by atoms with Gasteiger partial charge in [0.2, 0.25) is 0 Å². The standard InChI is InChI=1S/C7H15N3/c1-3-8-5-7(1)2-4-9-10-6-7/h8-10H,1-6H2. The zero-order valence-corrected chi connectivity index (χ0v) is 6.24. The summed E-state index contributed by atoms with van der Waals surface area (Å²) in [6.45, 7) is 4.69. The predicted molar refractivity (Wildman–Crippen MR) is 40.5 cm³/mol. The van der Waals surface area contributed by atoms with Crippen LogP contribution in [0.3, 0.4) is 0 Å². The molecule has 0 aromatic carbocycles. The Labute approximate surface area is 61.5 Å². The summed E-state index contributed by atoms with van der Waals surface area (Å²) >= 11 is 0. The van der Waals surface area contributed by atoms with Crippen molar-refractivity contribution in [3.63, 3.8) is 0 Å². The van der Waals surface area contributed by atoms with Gasteiger partial charge in [-0.3, -0.25) is 10.9 Å². The average molecular weight is 141 g/mol. The quantitative estimate of drug-likeness (QED) is 0.424. The molecule has 0 aromatic rings. The van der Waals surface area contributed by atoms with E-state index < -0.39 is 0 Å². The van der Waals surface area contributed by atoms with Gasteiger partial charge in [0.25, 0.3) is 0 Å². The van der Waals surface area contributed by atoms with Gasteiger partial charge in [-0.25, -0.2) is 0 Å². The van der Waals surface area contributed by atoms with Crippen molar-refractivity contribution in [3.8, 4) is 0 Å². The first-order valence-corrected chi connectivity index (χ1v) is 4.08. The van der Waals surface area contributed by atoms with Crippen LogP contribution in [0.2, 0.25) is 0 Å². The summed E-state index contributed by atoms with van der Waals surface area (Å²) in [6.07, 6.45) is 2.68. The molecule has 2 heterocycles. The fourth-order valence-corrected chi connectivity index (χ4v) is 1.91. The van der Waals surface area contributed by atoms with E-state index in [1.165, 1.54) is 25.9 Å². The van der Waals surface area contributed by atoms with Gasteiger partial charge >= 0.3 is 0 Å². The summed E-state index contributed by atoms with van der Waals surface area (Å²) in [5.74, 6) is 0. The van der Waals surface area contributed by atoms with E-state index in [9.17, 15) is 0 Å². The van der Waals surface area contributed by atoms with Gasteiger partial charge in [-0.1, -0.05) is 0 Å². The Balaban J connectivity index is 1.98. The van der Waals surface area contributed by atoms with Gasteiger partial charge in [-0.05, 0) is 24.8 Å². The van der Waals surface area contributed by atoms with Crippen LogP contribution in [0, 0.1) is 5.41 Å². The van der Waals surface area contributed by atoms with Crippen LogP contribution >= 0.6 is 0 Å². The largest absolute Gasteiger partial charge is 0.316 e. The SMILES string of the molecule is C1CC2(CCNNC2)CN1. The summed E-state index contributed by atoms with van der Waals surface area (Å²) in [7, 11) is 0. The zero-order chi connectivity index (χ0) is 6.86. The molecule has 2 saturated heterocycles. The van der Waals surface area contributed by atoms with Crippen molar-refractivity contribution in [3.05, 3.63) is 0 Å². The molecular weight excluding hydrogens is 126 g/mol. The number of hydrogen-bond donors (Lipinski definition) is 3. The van der Waals surface area contributed by atoms with Crippen molar-refractivity contribution in [1.29, 1.82) is 0 Å².